The van der Waals surface area contributed by atoms with Crippen LogP contribution in [-0.4, -0.2) is 13.2 Å². The van der Waals surface area contributed by atoms with Gasteiger partial charge in [0.05, 0.1) is 6.04 Å². The maximum absolute atomic E-state index is 6.44. The van der Waals surface area contributed by atoms with E-state index in [1.54, 1.807) is 0 Å². The quantitative estimate of drug-likeness (QED) is 0.911. The molecule has 1 aliphatic heterocycles. The lowest BCUT2D eigenvalue weighted by molar-refractivity contribution is 0.169. The summed E-state index contributed by atoms with van der Waals surface area (Å²) in [6, 6.07) is 12.1. The van der Waals surface area contributed by atoms with Crippen LogP contribution in [0.15, 0.2) is 36.4 Å². The number of para-hydroxylation sites is 1. The summed E-state index contributed by atoms with van der Waals surface area (Å²) in [7, 11) is 0. The van der Waals surface area contributed by atoms with E-state index in [4.69, 9.17) is 15.2 Å². The van der Waals surface area contributed by atoms with E-state index in [0.717, 1.165) is 22.6 Å². The molecule has 0 fully saturated rings. The molecule has 3 heteroatoms. The second kappa shape index (κ2) is 5.17. The largest absolute Gasteiger partial charge is 0.486 e. The Labute approximate surface area is 119 Å². The van der Waals surface area contributed by atoms with Crippen LogP contribution in [-0.2, 0) is 0 Å². The Hall–Kier alpha value is -2.00. The lowest BCUT2D eigenvalue weighted by Crippen LogP contribution is -2.20. The van der Waals surface area contributed by atoms with E-state index < -0.39 is 0 Å². The van der Waals surface area contributed by atoms with Gasteiger partial charge in [0.25, 0.3) is 0 Å². The molecule has 1 aliphatic rings. The summed E-state index contributed by atoms with van der Waals surface area (Å²) in [6.45, 7) is 5.34. The molecule has 2 N–H and O–H groups in total. The topological polar surface area (TPSA) is 44.5 Å². The van der Waals surface area contributed by atoms with E-state index in [1.807, 2.05) is 18.2 Å². The van der Waals surface area contributed by atoms with Gasteiger partial charge in [0.2, 0.25) is 0 Å². The summed E-state index contributed by atoms with van der Waals surface area (Å²) in [5, 5.41) is 0. The van der Waals surface area contributed by atoms with E-state index in [-0.39, 0.29) is 6.04 Å². The van der Waals surface area contributed by atoms with Crippen molar-refractivity contribution in [1.82, 2.24) is 0 Å². The Morgan fingerprint density at radius 2 is 1.70 bits per heavy atom. The highest BCUT2D eigenvalue weighted by molar-refractivity contribution is 5.51. The van der Waals surface area contributed by atoms with Crippen LogP contribution in [0.3, 0.4) is 0 Å². The fourth-order valence-electron chi connectivity index (χ4n) is 2.71. The zero-order valence-corrected chi connectivity index (χ0v) is 11.8. The van der Waals surface area contributed by atoms with Crippen LogP contribution in [0.25, 0.3) is 0 Å². The monoisotopic (exact) mass is 269 g/mol. The van der Waals surface area contributed by atoms with Crippen LogP contribution in [0.5, 0.6) is 11.5 Å². The van der Waals surface area contributed by atoms with Gasteiger partial charge < -0.3 is 15.2 Å². The Morgan fingerprint density at radius 1 is 1.00 bits per heavy atom. The molecule has 0 saturated heterocycles. The van der Waals surface area contributed by atoms with Crippen molar-refractivity contribution >= 4 is 0 Å². The molecule has 20 heavy (non-hydrogen) atoms. The van der Waals surface area contributed by atoms with Crippen molar-refractivity contribution in [3.8, 4) is 11.5 Å². The predicted molar refractivity (Wildman–Crippen MR) is 79.4 cm³/mol. The van der Waals surface area contributed by atoms with Crippen LogP contribution in [0.2, 0.25) is 0 Å². The number of nitrogens with two attached hydrogens (primary N) is 1. The molecular formula is C17H19NO2. The SMILES string of the molecule is Cc1cc(C)cc(C(N)c2cccc3c2OCCO3)c1. The zero-order valence-electron chi connectivity index (χ0n) is 11.8. The Bertz CT molecular complexity index is 617. The van der Waals surface area contributed by atoms with Crippen molar-refractivity contribution in [3.63, 3.8) is 0 Å². The number of hydrogen-bond donors (Lipinski definition) is 1. The average molecular weight is 269 g/mol. The molecule has 1 unspecified atom stereocenters. The van der Waals surface area contributed by atoms with E-state index in [0.29, 0.717) is 13.2 Å². The van der Waals surface area contributed by atoms with Gasteiger partial charge in [-0.25, -0.2) is 0 Å². The van der Waals surface area contributed by atoms with Gasteiger partial charge in [-0.1, -0.05) is 41.5 Å². The Morgan fingerprint density at radius 3 is 2.45 bits per heavy atom. The first kappa shape index (κ1) is 13.0. The van der Waals surface area contributed by atoms with Gasteiger partial charge in [-0.2, -0.15) is 0 Å². The molecule has 0 bridgehead atoms. The third-order valence-corrected chi connectivity index (χ3v) is 3.53. The molecule has 0 radical (unpaired) electrons. The molecule has 0 spiro atoms. The summed E-state index contributed by atoms with van der Waals surface area (Å²) in [6.07, 6.45) is 0. The second-order valence-electron chi connectivity index (χ2n) is 5.27. The molecule has 0 amide bonds. The molecule has 0 aromatic heterocycles. The molecule has 1 atom stereocenters. The molecule has 0 saturated carbocycles. The van der Waals surface area contributed by atoms with Gasteiger partial charge in [-0.15, -0.1) is 0 Å². The number of aryl methyl sites for hydroxylation is 2. The average Bonchev–Trinajstić information content (AvgIpc) is 2.45. The van der Waals surface area contributed by atoms with Crippen LogP contribution in [0.4, 0.5) is 0 Å². The summed E-state index contributed by atoms with van der Waals surface area (Å²) >= 11 is 0. The minimum absolute atomic E-state index is 0.203. The minimum Gasteiger partial charge on any atom is -0.486 e. The third-order valence-electron chi connectivity index (χ3n) is 3.53. The molecule has 104 valence electrons. The number of rotatable bonds is 2. The van der Waals surface area contributed by atoms with Crippen molar-refractivity contribution in [2.24, 2.45) is 5.73 Å². The summed E-state index contributed by atoms with van der Waals surface area (Å²) in [5.41, 5.74) is 11.0. The minimum atomic E-state index is -0.203. The fourth-order valence-corrected chi connectivity index (χ4v) is 2.71. The first-order chi connectivity index (χ1) is 9.65. The lowest BCUT2D eigenvalue weighted by Gasteiger charge is -2.24. The molecule has 3 rings (SSSR count). The zero-order chi connectivity index (χ0) is 14.1. The smallest absolute Gasteiger partial charge is 0.166 e. The van der Waals surface area contributed by atoms with E-state index in [1.165, 1.54) is 11.1 Å². The Balaban J connectivity index is 2.04. The maximum atomic E-state index is 6.44. The fraction of sp³-hybridized carbons (Fsp3) is 0.294. The molecule has 0 aliphatic carbocycles. The van der Waals surface area contributed by atoms with Gasteiger partial charge in [0.15, 0.2) is 11.5 Å². The standard InChI is InChI=1S/C17H19NO2/c1-11-8-12(2)10-13(9-11)16(18)14-4-3-5-15-17(14)20-7-6-19-15/h3-5,8-10,16H,6-7,18H2,1-2H3. The summed E-state index contributed by atoms with van der Waals surface area (Å²) < 4.78 is 11.4. The van der Waals surface area contributed by atoms with Crippen LogP contribution in [0.1, 0.15) is 28.3 Å². The first-order valence-electron chi connectivity index (χ1n) is 6.87. The lowest BCUT2D eigenvalue weighted by atomic mass is 9.95. The molecule has 1 heterocycles. The van der Waals surface area contributed by atoms with Crippen LogP contribution in [0, 0.1) is 13.8 Å². The molecule has 2 aromatic carbocycles. The highest BCUT2D eigenvalue weighted by atomic mass is 16.6. The summed E-state index contributed by atoms with van der Waals surface area (Å²) in [4.78, 5) is 0. The third kappa shape index (κ3) is 2.37. The van der Waals surface area contributed by atoms with Crippen molar-refractivity contribution < 1.29 is 9.47 Å². The molecule has 3 nitrogen and oxygen atoms in total. The van der Waals surface area contributed by atoms with Gasteiger partial charge in [-0.3, -0.25) is 0 Å². The molecule has 2 aromatic rings. The van der Waals surface area contributed by atoms with E-state index in [9.17, 15) is 0 Å². The highest BCUT2D eigenvalue weighted by Gasteiger charge is 2.21. The maximum Gasteiger partial charge on any atom is 0.166 e. The second-order valence-corrected chi connectivity index (χ2v) is 5.27. The predicted octanol–water partition coefficient (Wildman–Crippen LogP) is 3.12. The number of fused-ring (bicyclic) bond motifs is 1. The van der Waals surface area contributed by atoms with Gasteiger partial charge >= 0.3 is 0 Å². The number of benzene rings is 2. The van der Waals surface area contributed by atoms with Gasteiger partial charge in [0, 0.05) is 5.56 Å². The summed E-state index contributed by atoms with van der Waals surface area (Å²) in [5.74, 6) is 1.57. The van der Waals surface area contributed by atoms with Crippen LogP contribution < -0.4 is 15.2 Å². The number of ether oxygens (including phenoxy) is 2. The molecular weight excluding hydrogens is 250 g/mol. The van der Waals surface area contributed by atoms with Crippen molar-refractivity contribution in [3.05, 3.63) is 58.7 Å². The van der Waals surface area contributed by atoms with Gasteiger partial charge in [-0.05, 0) is 25.5 Å². The van der Waals surface area contributed by atoms with Crippen molar-refractivity contribution in [1.29, 1.82) is 0 Å². The van der Waals surface area contributed by atoms with E-state index >= 15 is 0 Å². The number of hydrogen-bond acceptors (Lipinski definition) is 3. The highest BCUT2D eigenvalue weighted by Crippen LogP contribution is 2.38. The normalized spacial score (nSPS) is 14.9. The first-order valence-corrected chi connectivity index (χ1v) is 6.87. The van der Waals surface area contributed by atoms with Crippen LogP contribution >= 0.6 is 0 Å². The van der Waals surface area contributed by atoms with Gasteiger partial charge in [0.1, 0.15) is 13.2 Å². The van der Waals surface area contributed by atoms with Crippen molar-refractivity contribution in [2.45, 2.75) is 19.9 Å². The van der Waals surface area contributed by atoms with E-state index in [2.05, 4.69) is 32.0 Å². The van der Waals surface area contributed by atoms with Crippen molar-refractivity contribution in [2.75, 3.05) is 13.2 Å². The Kier molecular flexibility index (Phi) is 3.36.